The molecule has 0 spiro atoms. The van der Waals surface area contributed by atoms with Crippen molar-refractivity contribution >= 4 is 27.5 Å². The van der Waals surface area contributed by atoms with E-state index in [0.717, 1.165) is 0 Å². The van der Waals surface area contributed by atoms with Gasteiger partial charge in [0.05, 0.1) is 5.69 Å². The van der Waals surface area contributed by atoms with Gasteiger partial charge in [-0.2, -0.15) is 8.42 Å². The van der Waals surface area contributed by atoms with Crippen LogP contribution in [-0.2, 0) is 14.8 Å². The maximum Gasteiger partial charge on any atom is 0.286 e. The Kier molecular flexibility index (Phi) is 4.04. The fraction of sp³-hybridized carbons (Fsp3) is 0.429. The van der Waals surface area contributed by atoms with E-state index in [2.05, 4.69) is 15.0 Å². The maximum atomic E-state index is 12.0. The molecule has 1 aliphatic heterocycles. The molecule has 1 aromatic rings. The van der Waals surface area contributed by atoms with Crippen molar-refractivity contribution in [2.75, 3.05) is 5.32 Å². The molecule has 0 saturated heterocycles. The largest absolute Gasteiger partial charge is 0.351 e. The molecular weight excluding hydrogens is 290 g/mol. The minimum Gasteiger partial charge on any atom is -0.351 e. The van der Waals surface area contributed by atoms with E-state index in [1.807, 2.05) is 20.8 Å². The van der Waals surface area contributed by atoms with Crippen molar-refractivity contribution < 1.29 is 13.2 Å². The number of benzene rings is 1. The molecule has 1 amide bonds. The summed E-state index contributed by atoms with van der Waals surface area (Å²) in [5.74, 6) is 0.154. The predicted octanol–water partition coefficient (Wildman–Crippen LogP) is 1.89. The fourth-order valence-electron chi connectivity index (χ4n) is 1.99. The third-order valence-corrected chi connectivity index (χ3v) is 4.15. The average Bonchev–Trinajstić information content (AvgIpc) is 2.34. The van der Waals surface area contributed by atoms with Crippen molar-refractivity contribution in [3.8, 4) is 0 Å². The van der Waals surface area contributed by atoms with Crippen molar-refractivity contribution in [1.29, 1.82) is 0 Å². The highest BCUT2D eigenvalue weighted by molar-refractivity contribution is 7.90. The second kappa shape index (κ2) is 5.48. The lowest BCUT2D eigenvalue weighted by molar-refractivity contribution is -0.122. The first-order valence-electron chi connectivity index (χ1n) is 6.68. The molecule has 0 atom stereocenters. The first-order chi connectivity index (χ1) is 9.67. The number of hydrogen-bond acceptors (Lipinski definition) is 4. The Bertz CT molecular complexity index is 688. The molecule has 2 N–H and O–H groups in total. The molecule has 0 fully saturated rings. The van der Waals surface area contributed by atoms with Gasteiger partial charge in [-0.1, -0.05) is 12.1 Å². The molecule has 0 aliphatic carbocycles. The van der Waals surface area contributed by atoms with Crippen LogP contribution < -0.4 is 10.6 Å². The monoisotopic (exact) mass is 309 g/mol. The topological polar surface area (TPSA) is 87.6 Å². The molecule has 1 aliphatic rings. The van der Waals surface area contributed by atoms with Crippen molar-refractivity contribution in [2.45, 2.75) is 44.0 Å². The molecular formula is C14H19N3O3S. The third kappa shape index (κ3) is 4.04. The van der Waals surface area contributed by atoms with E-state index in [9.17, 15) is 13.2 Å². The molecule has 21 heavy (non-hydrogen) atoms. The molecule has 0 unspecified atom stereocenters. The molecule has 2 rings (SSSR count). The lowest BCUT2D eigenvalue weighted by Gasteiger charge is -2.21. The summed E-state index contributed by atoms with van der Waals surface area (Å²) in [6.07, 6.45) is 0.427. The number of nitrogens with one attached hydrogen (secondary N) is 2. The van der Waals surface area contributed by atoms with E-state index in [4.69, 9.17) is 0 Å². The zero-order valence-electron chi connectivity index (χ0n) is 12.3. The van der Waals surface area contributed by atoms with Gasteiger partial charge < -0.3 is 10.6 Å². The van der Waals surface area contributed by atoms with E-state index in [1.165, 1.54) is 6.07 Å². The van der Waals surface area contributed by atoms with Crippen LogP contribution in [0.25, 0.3) is 0 Å². The van der Waals surface area contributed by atoms with Crippen molar-refractivity contribution in [2.24, 2.45) is 4.40 Å². The first kappa shape index (κ1) is 15.5. The highest BCUT2D eigenvalue weighted by Crippen LogP contribution is 2.27. The van der Waals surface area contributed by atoms with Crippen LogP contribution in [0.2, 0.25) is 0 Å². The SMILES string of the molecule is CC(C)(C)NC(=O)CCC1=NS(=O)(=O)c2ccccc2N1. The van der Waals surface area contributed by atoms with Crippen LogP contribution in [0.15, 0.2) is 33.6 Å². The van der Waals surface area contributed by atoms with Gasteiger partial charge in [-0.25, -0.2) is 0 Å². The second-order valence-electron chi connectivity index (χ2n) is 5.93. The summed E-state index contributed by atoms with van der Waals surface area (Å²) >= 11 is 0. The summed E-state index contributed by atoms with van der Waals surface area (Å²) in [7, 11) is -3.68. The Morgan fingerprint density at radius 2 is 1.95 bits per heavy atom. The van der Waals surface area contributed by atoms with Crippen LogP contribution in [0.4, 0.5) is 5.69 Å². The molecule has 0 aromatic heterocycles. The second-order valence-corrected chi connectivity index (χ2v) is 7.50. The Balaban J connectivity index is 2.07. The van der Waals surface area contributed by atoms with Gasteiger partial charge in [0.25, 0.3) is 10.0 Å². The van der Waals surface area contributed by atoms with Crippen molar-refractivity contribution in [3.63, 3.8) is 0 Å². The van der Waals surface area contributed by atoms with Crippen LogP contribution >= 0.6 is 0 Å². The highest BCUT2D eigenvalue weighted by atomic mass is 32.2. The smallest absolute Gasteiger partial charge is 0.286 e. The predicted molar refractivity (Wildman–Crippen MR) is 81.8 cm³/mol. The number of amides is 1. The summed E-state index contributed by atoms with van der Waals surface area (Å²) < 4.78 is 27.8. The van der Waals surface area contributed by atoms with E-state index < -0.39 is 10.0 Å². The zero-order chi connectivity index (χ0) is 15.7. The average molecular weight is 309 g/mol. The standard InChI is InChI=1S/C14H19N3O3S/c1-14(2,3)16-13(18)9-8-12-15-10-6-4-5-7-11(10)21(19,20)17-12/h4-7H,8-9H2,1-3H3,(H,15,17)(H,16,18). The zero-order valence-corrected chi connectivity index (χ0v) is 13.1. The molecule has 0 radical (unpaired) electrons. The number of para-hydroxylation sites is 1. The molecule has 6 nitrogen and oxygen atoms in total. The van der Waals surface area contributed by atoms with Crippen LogP contribution in [0, 0.1) is 0 Å². The number of hydrogen-bond donors (Lipinski definition) is 2. The minimum absolute atomic E-state index is 0.136. The van der Waals surface area contributed by atoms with Gasteiger partial charge in [-0.3, -0.25) is 4.79 Å². The molecule has 1 heterocycles. The summed E-state index contributed by atoms with van der Waals surface area (Å²) in [6.45, 7) is 5.67. The molecule has 0 bridgehead atoms. The lowest BCUT2D eigenvalue weighted by Crippen LogP contribution is -2.40. The van der Waals surface area contributed by atoms with Crippen LogP contribution in [0.3, 0.4) is 0 Å². The van der Waals surface area contributed by atoms with Crippen LogP contribution in [0.1, 0.15) is 33.6 Å². The summed E-state index contributed by atoms with van der Waals surface area (Å²) in [5, 5.41) is 5.79. The fourth-order valence-corrected chi connectivity index (χ4v) is 3.16. The van der Waals surface area contributed by atoms with Gasteiger partial charge in [0, 0.05) is 18.4 Å². The lowest BCUT2D eigenvalue weighted by atomic mass is 10.1. The van der Waals surface area contributed by atoms with Gasteiger partial charge in [0.1, 0.15) is 10.7 Å². The number of anilines is 1. The van der Waals surface area contributed by atoms with Gasteiger partial charge >= 0.3 is 0 Å². The highest BCUT2D eigenvalue weighted by Gasteiger charge is 2.24. The van der Waals surface area contributed by atoms with E-state index in [0.29, 0.717) is 5.69 Å². The van der Waals surface area contributed by atoms with Gasteiger partial charge in [0.15, 0.2) is 0 Å². The number of fused-ring (bicyclic) bond motifs is 1. The normalized spacial score (nSPS) is 16.4. The van der Waals surface area contributed by atoms with Crippen LogP contribution in [-0.4, -0.2) is 25.7 Å². The van der Waals surface area contributed by atoms with E-state index in [-0.39, 0.29) is 35.0 Å². The molecule has 0 saturated carbocycles. The van der Waals surface area contributed by atoms with Crippen molar-refractivity contribution in [3.05, 3.63) is 24.3 Å². The molecule has 7 heteroatoms. The number of nitrogens with zero attached hydrogens (tertiary/aromatic N) is 1. The number of amidine groups is 1. The van der Waals surface area contributed by atoms with Gasteiger partial charge in [-0.15, -0.1) is 4.40 Å². The molecule has 114 valence electrons. The molecule has 1 aromatic carbocycles. The maximum absolute atomic E-state index is 12.0. The Hall–Kier alpha value is -1.89. The van der Waals surface area contributed by atoms with E-state index in [1.54, 1.807) is 18.2 Å². The van der Waals surface area contributed by atoms with Crippen molar-refractivity contribution in [1.82, 2.24) is 5.32 Å². The third-order valence-electron chi connectivity index (χ3n) is 2.78. The Labute approximate surface area is 124 Å². The summed E-state index contributed by atoms with van der Waals surface area (Å²) in [6, 6.07) is 6.58. The quantitative estimate of drug-likeness (QED) is 0.892. The minimum atomic E-state index is -3.68. The van der Waals surface area contributed by atoms with Gasteiger partial charge in [0.2, 0.25) is 5.91 Å². The summed E-state index contributed by atoms with van der Waals surface area (Å²) in [4.78, 5) is 11.9. The number of sulfonamides is 1. The number of carbonyl (C=O) groups is 1. The number of carbonyl (C=O) groups excluding carboxylic acids is 1. The first-order valence-corrected chi connectivity index (χ1v) is 8.12. The summed E-state index contributed by atoms with van der Waals surface area (Å²) in [5.41, 5.74) is 0.191. The number of rotatable bonds is 3. The van der Waals surface area contributed by atoms with Crippen LogP contribution in [0.5, 0.6) is 0 Å². The Morgan fingerprint density at radius 3 is 2.62 bits per heavy atom. The van der Waals surface area contributed by atoms with Gasteiger partial charge in [-0.05, 0) is 32.9 Å². The Morgan fingerprint density at radius 1 is 1.29 bits per heavy atom. The van der Waals surface area contributed by atoms with E-state index >= 15 is 0 Å².